The zero-order valence-electron chi connectivity index (χ0n) is 15.0. The van der Waals surface area contributed by atoms with E-state index in [-0.39, 0.29) is 11.9 Å². The predicted molar refractivity (Wildman–Crippen MR) is 102 cm³/mol. The lowest BCUT2D eigenvalue weighted by atomic mass is 10.0. The van der Waals surface area contributed by atoms with Crippen LogP contribution in [0.3, 0.4) is 0 Å². The van der Waals surface area contributed by atoms with Crippen LogP contribution in [0.1, 0.15) is 24.1 Å². The highest BCUT2D eigenvalue weighted by Crippen LogP contribution is 2.15. The maximum atomic E-state index is 13.3. The van der Waals surface area contributed by atoms with Gasteiger partial charge in [0.1, 0.15) is 11.6 Å². The molecular formula is C20H23FN4O2. The molecule has 1 aromatic heterocycles. The van der Waals surface area contributed by atoms with Crippen molar-refractivity contribution in [1.29, 1.82) is 0 Å². The Morgan fingerprint density at radius 1 is 1.37 bits per heavy atom. The number of halogens is 1. The van der Waals surface area contributed by atoms with Gasteiger partial charge in [-0.15, -0.1) is 0 Å². The van der Waals surface area contributed by atoms with Crippen molar-refractivity contribution in [3.63, 3.8) is 0 Å². The van der Waals surface area contributed by atoms with E-state index in [0.717, 1.165) is 50.5 Å². The molecular weight excluding hydrogens is 347 g/mol. The molecule has 1 aliphatic rings. The zero-order chi connectivity index (χ0) is 19.1. The van der Waals surface area contributed by atoms with Gasteiger partial charge in [-0.05, 0) is 49.6 Å². The van der Waals surface area contributed by atoms with Gasteiger partial charge in [0, 0.05) is 25.2 Å². The Bertz CT molecular complexity index is 795. The van der Waals surface area contributed by atoms with Gasteiger partial charge in [0.2, 0.25) is 0 Å². The number of hydrogen-bond acceptors (Lipinski definition) is 5. The monoisotopic (exact) mass is 370 g/mol. The van der Waals surface area contributed by atoms with E-state index in [4.69, 9.17) is 5.11 Å². The average molecular weight is 370 g/mol. The van der Waals surface area contributed by atoms with E-state index in [9.17, 15) is 9.18 Å². The zero-order valence-corrected chi connectivity index (χ0v) is 15.0. The first-order valence-electron chi connectivity index (χ1n) is 9.05. The molecule has 2 N–H and O–H groups in total. The molecule has 1 aromatic carbocycles. The van der Waals surface area contributed by atoms with Gasteiger partial charge in [0.05, 0.1) is 18.1 Å². The lowest BCUT2D eigenvalue weighted by molar-refractivity contribution is -0.131. The van der Waals surface area contributed by atoms with Gasteiger partial charge < -0.3 is 15.3 Å². The fourth-order valence-corrected chi connectivity index (χ4v) is 3.22. The molecule has 1 aliphatic heterocycles. The molecule has 0 bridgehead atoms. The predicted octanol–water partition coefficient (Wildman–Crippen LogP) is 2.83. The van der Waals surface area contributed by atoms with Gasteiger partial charge >= 0.3 is 5.97 Å². The van der Waals surface area contributed by atoms with Crippen LogP contribution >= 0.6 is 0 Å². The highest BCUT2D eigenvalue weighted by Gasteiger charge is 2.20. The highest BCUT2D eigenvalue weighted by atomic mass is 19.1. The first-order chi connectivity index (χ1) is 13.1. The highest BCUT2D eigenvalue weighted by molar-refractivity contribution is 5.84. The number of nitrogens with zero attached hydrogens (tertiary/aromatic N) is 3. The molecule has 0 spiro atoms. The molecule has 1 fully saturated rings. The second kappa shape index (κ2) is 9.23. The van der Waals surface area contributed by atoms with Crippen LogP contribution in [0.2, 0.25) is 0 Å². The molecule has 0 saturated carbocycles. The molecule has 1 saturated heterocycles. The third-order valence-corrected chi connectivity index (χ3v) is 4.53. The summed E-state index contributed by atoms with van der Waals surface area (Å²) in [5.41, 5.74) is 1.52. The number of carboxylic acids is 1. The number of nitrogens with one attached hydrogen (secondary N) is 1. The van der Waals surface area contributed by atoms with Crippen LogP contribution in [0.25, 0.3) is 6.08 Å². The summed E-state index contributed by atoms with van der Waals surface area (Å²) in [6.07, 6.45) is 8.59. The van der Waals surface area contributed by atoms with E-state index >= 15 is 0 Å². The molecule has 142 valence electrons. The van der Waals surface area contributed by atoms with Crippen molar-refractivity contribution >= 4 is 17.9 Å². The number of carboxylic acid groups (broad SMARTS) is 1. The molecule has 2 aromatic rings. The van der Waals surface area contributed by atoms with E-state index in [0.29, 0.717) is 11.5 Å². The number of likely N-dealkylation sites (tertiary alicyclic amines) is 1. The van der Waals surface area contributed by atoms with Crippen LogP contribution in [0, 0.1) is 5.82 Å². The summed E-state index contributed by atoms with van der Waals surface area (Å²) in [6, 6.07) is 7.04. The second-order valence-corrected chi connectivity index (χ2v) is 6.66. The minimum Gasteiger partial charge on any atom is -0.478 e. The minimum absolute atomic E-state index is 0.189. The van der Waals surface area contributed by atoms with Crippen LogP contribution in [-0.2, 0) is 11.2 Å². The van der Waals surface area contributed by atoms with E-state index in [1.54, 1.807) is 24.5 Å². The van der Waals surface area contributed by atoms with Crippen molar-refractivity contribution in [3.8, 4) is 0 Å². The number of aliphatic carboxylic acids is 1. The van der Waals surface area contributed by atoms with Gasteiger partial charge in [0.25, 0.3) is 0 Å². The van der Waals surface area contributed by atoms with Crippen molar-refractivity contribution < 1.29 is 14.3 Å². The molecule has 6 nitrogen and oxygen atoms in total. The molecule has 3 rings (SSSR count). The SMILES string of the molecule is O=C(O)/C=C/c1cnc(N[C@@H]2CCCN(CCc3cccc(F)c3)C2)cn1. The quantitative estimate of drug-likeness (QED) is 0.730. The average Bonchev–Trinajstić information content (AvgIpc) is 2.66. The summed E-state index contributed by atoms with van der Waals surface area (Å²) in [6.45, 7) is 2.84. The van der Waals surface area contributed by atoms with Gasteiger partial charge in [0.15, 0.2) is 0 Å². The molecule has 27 heavy (non-hydrogen) atoms. The van der Waals surface area contributed by atoms with Gasteiger partial charge in [-0.3, -0.25) is 4.98 Å². The summed E-state index contributed by atoms with van der Waals surface area (Å²) >= 11 is 0. The van der Waals surface area contributed by atoms with E-state index in [2.05, 4.69) is 20.2 Å². The van der Waals surface area contributed by atoms with Gasteiger partial charge in [-0.2, -0.15) is 0 Å². The summed E-state index contributed by atoms with van der Waals surface area (Å²) in [5.74, 6) is -0.523. The van der Waals surface area contributed by atoms with Gasteiger partial charge in [-0.25, -0.2) is 14.2 Å². The standard InChI is InChI=1S/C20H23FN4O2/c21-16-4-1-3-15(11-16)8-10-25-9-2-5-18(14-25)24-19-13-22-17(12-23-19)6-7-20(26)27/h1,3-4,6-7,11-13,18H,2,5,8-10,14H2,(H,23,24)(H,26,27)/b7-6+/t18-/m1/s1. The minimum atomic E-state index is -1.01. The normalized spacial score (nSPS) is 17.9. The van der Waals surface area contributed by atoms with Crippen molar-refractivity contribution in [3.05, 3.63) is 59.8 Å². The number of carbonyl (C=O) groups is 1. The number of piperidine rings is 1. The third-order valence-electron chi connectivity index (χ3n) is 4.53. The van der Waals surface area contributed by atoms with E-state index in [1.165, 1.54) is 12.1 Å². The summed E-state index contributed by atoms with van der Waals surface area (Å²) in [7, 11) is 0. The Hall–Kier alpha value is -2.80. The second-order valence-electron chi connectivity index (χ2n) is 6.66. The van der Waals surface area contributed by atoms with Crippen molar-refractivity contribution in [2.75, 3.05) is 25.0 Å². The number of anilines is 1. The third kappa shape index (κ3) is 6.14. The number of aromatic nitrogens is 2. The molecule has 7 heteroatoms. The van der Waals surface area contributed by atoms with Crippen LogP contribution in [0.5, 0.6) is 0 Å². The molecule has 0 aliphatic carbocycles. The number of rotatable bonds is 7. The summed E-state index contributed by atoms with van der Waals surface area (Å²) in [5, 5.41) is 12.0. The molecule has 1 atom stereocenters. The Labute approximate surface area is 157 Å². The van der Waals surface area contributed by atoms with E-state index in [1.807, 2.05) is 6.07 Å². The maximum Gasteiger partial charge on any atom is 0.328 e. The van der Waals surface area contributed by atoms with Crippen molar-refractivity contribution in [2.24, 2.45) is 0 Å². The Kier molecular flexibility index (Phi) is 6.49. The lowest BCUT2D eigenvalue weighted by Gasteiger charge is -2.33. The summed E-state index contributed by atoms with van der Waals surface area (Å²) < 4.78 is 13.3. The largest absolute Gasteiger partial charge is 0.478 e. The Morgan fingerprint density at radius 2 is 2.26 bits per heavy atom. The van der Waals surface area contributed by atoms with Crippen LogP contribution in [0.4, 0.5) is 10.2 Å². The van der Waals surface area contributed by atoms with Crippen molar-refractivity contribution in [1.82, 2.24) is 14.9 Å². The van der Waals surface area contributed by atoms with Crippen LogP contribution in [-0.4, -0.2) is 51.6 Å². The maximum absolute atomic E-state index is 13.3. The number of hydrogen-bond donors (Lipinski definition) is 2. The molecule has 2 heterocycles. The topological polar surface area (TPSA) is 78.3 Å². The fraction of sp³-hybridized carbons (Fsp3) is 0.350. The molecule has 0 unspecified atom stereocenters. The lowest BCUT2D eigenvalue weighted by Crippen LogP contribution is -2.43. The molecule has 0 amide bonds. The number of benzene rings is 1. The smallest absolute Gasteiger partial charge is 0.328 e. The first kappa shape index (κ1) is 19.0. The first-order valence-corrected chi connectivity index (χ1v) is 9.05. The van der Waals surface area contributed by atoms with Crippen LogP contribution in [0.15, 0.2) is 42.7 Å². The van der Waals surface area contributed by atoms with Gasteiger partial charge in [-0.1, -0.05) is 12.1 Å². The van der Waals surface area contributed by atoms with E-state index < -0.39 is 5.97 Å². The van der Waals surface area contributed by atoms with Crippen LogP contribution < -0.4 is 5.32 Å². The Balaban J connectivity index is 1.50. The summed E-state index contributed by atoms with van der Waals surface area (Å²) in [4.78, 5) is 21.4. The fourth-order valence-electron chi connectivity index (χ4n) is 3.22. The Morgan fingerprint density at radius 3 is 3.00 bits per heavy atom. The molecule has 0 radical (unpaired) electrons. The van der Waals surface area contributed by atoms with Crippen molar-refractivity contribution in [2.45, 2.75) is 25.3 Å².